The van der Waals surface area contributed by atoms with Crippen molar-refractivity contribution in [2.75, 3.05) is 0 Å². The predicted octanol–water partition coefficient (Wildman–Crippen LogP) is 2.08. The lowest BCUT2D eigenvalue weighted by Gasteiger charge is -2.60. The second-order valence-electron chi connectivity index (χ2n) is 14.5. The largest absolute Gasteiger partial charge is 0.462 e. The molecular weight excluding hydrogens is 532 g/mol. The first-order chi connectivity index (χ1) is 19.1. The molecule has 0 aromatic carbocycles. The highest BCUT2D eigenvalue weighted by Gasteiger charge is 2.80. The van der Waals surface area contributed by atoms with Crippen LogP contribution in [0.5, 0.6) is 0 Å². The van der Waals surface area contributed by atoms with Crippen LogP contribution in [0.2, 0.25) is 0 Å². The topological polar surface area (TPSA) is 149 Å². The van der Waals surface area contributed by atoms with Gasteiger partial charge in [0.25, 0.3) is 0 Å². The van der Waals surface area contributed by atoms with Crippen LogP contribution >= 0.6 is 0 Å². The number of Topliss-reactive ketones (excluding diaryl/α,β-unsaturated/α-hetero) is 1. The molecule has 41 heavy (non-hydrogen) atoms. The number of ketones is 1. The van der Waals surface area contributed by atoms with Gasteiger partial charge >= 0.3 is 17.9 Å². The van der Waals surface area contributed by atoms with Crippen LogP contribution in [0, 0.1) is 52.3 Å². The van der Waals surface area contributed by atoms with Gasteiger partial charge in [-0.1, -0.05) is 13.8 Å². The standard InChI is InChI=1S/C31H40O10/c1-12-9-19-29(5,30(6,37)27(36)40-19)23-21(12)31(41-14(3)33)8-7-15-20(22(31)26(23)38-13(2)32)25(35)24(34)16-10-17-18(39-17)11-28(15,16)4/h9,12,15-18,20-23,25-26,35,37H,7-8,10-11H2,1-6H3/t12?,15?,16?,17?,18-,20?,21?,22?,23?,25?,26?,28?,29?,30-,31?/m1/s1. The Morgan fingerprint density at radius 1 is 1.05 bits per heavy atom. The fourth-order valence-corrected chi connectivity index (χ4v) is 11.1. The van der Waals surface area contributed by atoms with Crippen LogP contribution in [0.4, 0.5) is 0 Å². The van der Waals surface area contributed by atoms with Gasteiger partial charge in [0.1, 0.15) is 23.6 Å². The van der Waals surface area contributed by atoms with E-state index in [2.05, 4.69) is 6.92 Å². The summed E-state index contributed by atoms with van der Waals surface area (Å²) in [5.74, 6) is -5.13. The predicted molar refractivity (Wildman–Crippen MR) is 139 cm³/mol. The monoisotopic (exact) mass is 572 g/mol. The number of allylic oxidation sites excluding steroid dienone is 1. The van der Waals surface area contributed by atoms with Crippen molar-refractivity contribution in [2.24, 2.45) is 52.3 Å². The number of rotatable bonds is 2. The molecule has 6 fully saturated rings. The van der Waals surface area contributed by atoms with Crippen molar-refractivity contribution in [3.8, 4) is 0 Å². The molecule has 7 rings (SSSR count). The Bertz CT molecular complexity index is 1290. The molecule has 0 amide bonds. The second-order valence-corrected chi connectivity index (χ2v) is 14.5. The number of hydrogen-bond acceptors (Lipinski definition) is 10. The van der Waals surface area contributed by atoms with E-state index < -0.39 is 75.8 Å². The number of carbonyl (C=O) groups excluding carboxylic acids is 4. The zero-order valence-electron chi connectivity index (χ0n) is 24.4. The minimum atomic E-state index is -1.95. The fourth-order valence-electron chi connectivity index (χ4n) is 11.1. The lowest BCUT2D eigenvalue weighted by Crippen LogP contribution is -2.66. The van der Waals surface area contributed by atoms with Crippen LogP contribution < -0.4 is 0 Å². The van der Waals surface area contributed by atoms with Gasteiger partial charge in [-0.05, 0) is 62.9 Å². The van der Waals surface area contributed by atoms with E-state index in [0.717, 1.165) is 0 Å². The molecule has 15 atom stereocenters. The number of aliphatic hydroxyl groups excluding tert-OH is 1. The van der Waals surface area contributed by atoms with E-state index in [1.54, 1.807) is 6.92 Å². The number of carbonyl (C=O) groups is 4. The molecule has 10 nitrogen and oxygen atoms in total. The Kier molecular flexibility index (Phi) is 5.50. The average molecular weight is 573 g/mol. The molecule has 2 saturated heterocycles. The third kappa shape index (κ3) is 3.19. The fraction of sp³-hybridized carbons (Fsp3) is 0.806. The summed E-state index contributed by atoms with van der Waals surface area (Å²) < 4.78 is 24.0. The minimum absolute atomic E-state index is 0.0556. The van der Waals surface area contributed by atoms with E-state index in [9.17, 15) is 29.4 Å². The third-order valence-corrected chi connectivity index (χ3v) is 12.8. The number of aliphatic hydroxyl groups is 2. The van der Waals surface area contributed by atoms with Crippen LogP contribution in [0.15, 0.2) is 11.8 Å². The molecule has 2 heterocycles. The summed E-state index contributed by atoms with van der Waals surface area (Å²) in [6, 6.07) is 0. The van der Waals surface area contributed by atoms with Gasteiger partial charge in [0.2, 0.25) is 0 Å². The van der Waals surface area contributed by atoms with Crippen molar-refractivity contribution in [1.82, 2.24) is 0 Å². The summed E-state index contributed by atoms with van der Waals surface area (Å²) in [6.45, 7) is 9.86. The average Bonchev–Trinajstić information content (AvgIpc) is 3.52. The summed E-state index contributed by atoms with van der Waals surface area (Å²) in [4.78, 5) is 52.6. The molecule has 13 unspecified atom stereocenters. The van der Waals surface area contributed by atoms with E-state index in [-0.39, 0.29) is 35.7 Å². The van der Waals surface area contributed by atoms with Crippen molar-refractivity contribution in [3.63, 3.8) is 0 Å². The van der Waals surface area contributed by atoms with E-state index in [1.807, 2.05) is 13.0 Å². The highest BCUT2D eigenvalue weighted by molar-refractivity contribution is 5.88. The van der Waals surface area contributed by atoms with E-state index in [4.69, 9.17) is 18.9 Å². The molecule has 0 radical (unpaired) electrons. The van der Waals surface area contributed by atoms with Gasteiger partial charge < -0.3 is 29.2 Å². The maximum Gasteiger partial charge on any atom is 0.343 e. The summed E-state index contributed by atoms with van der Waals surface area (Å²) in [5.41, 5.74) is -4.91. The molecule has 0 aromatic heterocycles. The number of ether oxygens (including phenoxy) is 4. The lowest BCUT2D eigenvalue weighted by atomic mass is 9.45. The normalized spacial score (nSPS) is 56.1. The molecule has 10 heteroatoms. The zero-order chi connectivity index (χ0) is 29.6. The maximum absolute atomic E-state index is 14.0. The first-order valence-corrected chi connectivity index (χ1v) is 15.0. The Hall–Kier alpha value is -2.30. The smallest absolute Gasteiger partial charge is 0.343 e. The molecule has 7 aliphatic rings. The zero-order valence-corrected chi connectivity index (χ0v) is 24.4. The summed E-state index contributed by atoms with van der Waals surface area (Å²) in [6.07, 6.45) is 2.00. The Labute approximate surface area is 239 Å². The minimum Gasteiger partial charge on any atom is -0.462 e. The highest BCUT2D eigenvalue weighted by atomic mass is 16.6. The molecule has 2 N–H and O–H groups in total. The first-order valence-electron chi connectivity index (χ1n) is 15.0. The van der Waals surface area contributed by atoms with Gasteiger partial charge in [-0.2, -0.15) is 0 Å². The van der Waals surface area contributed by atoms with Gasteiger partial charge in [0.15, 0.2) is 11.4 Å². The number of hydrogen-bond donors (Lipinski definition) is 2. The maximum atomic E-state index is 14.0. The van der Waals surface area contributed by atoms with E-state index >= 15 is 0 Å². The van der Waals surface area contributed by atoms with Crippen LogP contribution in [0.25, 0.3) is 0 Å². The molecule has 224 valence electrons. The van der Waals surface area contributed by atoms with Crippen molar-refractivity contribution in [3.05, 3.63) is 11.8 Å². The Morgan fingerprint density at radius 2 is 1.76 bits per heavy atom. The molecule has 2 aliphatic heterocycles. The number of fused-ring (bicyclic) bond motifs is 10. The van der Waals surface area contributed by atoms with Crippen molar-refractivity contribution < 1.29 is 48.3 Å². The number of epoxide rings is 1. The summed E-state index contributed by atoms with van der Waals surface area (Å²) in [7, 11) is 0. The van der Waals surface area contributed by atoms with Gasteiger partial charge in [0.05, 0.1) is 17.6 Å². The van der Waals surface area contributed by atoms with Gasteiger partial charge in [-0.15, -0.1) is 0 Å². The molecule has 0 spiro atoms. The van der Waals surface area contributed by atoms with Crippen molar-refractivity contribution in [2.45, 2.75) is 103 Å². The van der Waals surface area contributed by atoms with Gasteiger partial charge in [-0.3, -0.25) is 14.4 Å². The molecule has 0 aromatic rings. The van der Waals surface area contributed by atoms with Crippen molar-refractivity contribution in [1.29, 1.82) is 0 Å². The Morgan fingerprint density at radius 3 is 2.41 bits per heavy atom. The molecule has 0 bridgehead atoms. The molecule has 5 aliphatic carbocycles. The quantitative estimate of drug-likeness (QED) is 0.286. The van der Waals surface area contributed by atoms with Crippen LogP contribution in [-0.2, 0) is 38.1 Å². The molecule has 4 saturated carbocycles. The third-order valence-electron chi connectivity index (χ3n) is 12.8. The SMILES string of the molecule is CC(=O)OC1C2C3C(O)C(=O)C4CC5O[C@@H]5CC4(C)C3CCC2(OC(C)=O)C2C(C)C=C3OC(=O)[C@@](C)(O)C3(C)C12. The second kappa shape index (κ2) is 8.20. The summed E-state index contributed by atoms with van der Waals surface area (Å²) in [5, 5.41) is 23.5. The lowest BCUT2D eigenvalue weighted by molar-refractivity contribution is -0.218. The van der Waals surface area contributed by atoms with Crippen LogP contribution in [0.3, 0.4) is 0 Å². The summed E-state index contributed by atoms with van der Waals surface area (Å²) >= 11 is 0. The number of esters is 3. The van der Waals surface area contributed by atoms with Crippen molar-refractivity contribution >= 4 is 23.7 Å². The molecular formula is C31H40O10. The van der Waals surface area contributed by atoms with Crippen LogP contribution in [-0.4, -0.2) is 69.5 Å². The van der Waals surface area contributed by atoms with E-state index in [1.165, 1.54) is 20.8 Å². The van der Waals surface area contributed by atoms with Gasteiger partial charge in [0, 0.05) is 43.4 Å². The van der Waals surface area contributed by atoms with Gasteiger partial charge in [-0.25, -0.2) is 4.79 Å². The van der Waals surface area contributed by atoms with E-state index in [0.29, 0.717) is 31.4 Å². The Balaban J connectivity index is 1.44. The van der Waals surface area contributed by atoms with Crippen LogP contribution in [0.1, 0.15) is 67.2 Å². The first kappa shape index (κ1) is 27.5. The highest BCUT2D eigenvalue weighted by Crippen LogP contribution is 2.73.